The molecule has 1 heterocycles. The zero-order valence-corrected chi connectivity index (χ0v) is 12.5. The van der Waals surface area contributed by atoms with E-state index in [1.165, 1.54) is 11.1 Å². The predicted molar refractivity (Wildman–Crippen MR) is 79.7 cm³/mol. The van der Waals surface area contributed by atoms with Crippen molar-refractivity contribution in [3.8, 4) is 0 Å². The molecule has 0 radical (unpaired) electrons. The first kappa shape index (κ1) is 13.7. The van der Waals surface area contributed by atoms with Crippen molar-refractivity contribution in [3.63, 3.8) is 0 Å². The third-order valence-electron chi connectivity index (χ3n) is 3.63. The molecular formula is C15H23ClN2. The van der Waals surface area contributed by atoms with Crippen LogP contribution in [0.25, 0.3) is 0 Å². The number of anilines is 1. The summed E-state index contributed by atoms with van der Waals surface area (Å²) in [6.45, 7) is 9.77. The lowest BCUT2D eigenvalue weighted by atomic mass is 9.89. The van der Waals surface area contributed by atoms with Gasteiger partial charge in [-0.15, -0.1) is 0 Å². The number of benzene rings is 1. The number of halogens is 1. The number of hydrogen-bond donors (Lipinski definition) is 2. The van der Waals surface area contributed by atoms with Crippen molar-refractivity contribution in [2.75, 3.05) is 11.9 Å². The van der Waals surface area contributed by atoms with E-state index in [4.69, 9.17) is 11.6 Å². The number of rotatable bonds is 2. The first-order valence-corrected chi connectivity index (χ1v) is 7.03. The molecule has 100 valence electrons. The highest BCUT2D eigenvalue weighted by Gasteiger charge is 2.27. The molecular weight excluding hydrogens is 244 g/mol. The molecule has 0 aliphatic carbocycles. The minimum Gasteiger partial charge on any atom is -0.381 e. The largest absolute Gasteiger partial charge is 0.381 e. The monoisotopic (exact) mass is 266 g/mol. The van der Waals surface area contributed by atoms with Crippen molar-refractivity contribution in [1.29, 1.82) is 0 Å². The summed E-state index contributed by atoms with van der Waals surface area (Å²) in [5, 5.41) is 8.00. The Morgan fingerprint density at radius 2 is 2.06 bits per heavy atom. The summed E-state index contributed by atoms with van der Waals surface area (Å²) in [6, 6.07) is 4.71. The molecule has 1 aliphatic rings. The van der Waals surface area contributed by atoms with Crippen LogP contribution in [0.1, 0.15) is 37.8 Å². The van der Waals surface area contributed by atoms with Crippen LogP contribution in [0.4, 0.5) is 5.69 Å². The highest BCUT2D eigenvalue weighted by Crippen LogP contribution is 2.30. The van der Waals surface area contributed by atoms with Crippen molar-refractivity contribution in [2.45, 2.75) is 52.1 Å². The van der Waals surface area contributed by atoms with Gasteiger partial charge in [0, 0.05) is 11.6 Å². The molecule has 2 N–H and O–H groups in total. The quantitative estimate of drug-likeness (QED) is 0.848. The first-order valence-electron chi connectivity index (χ1n) is 6.66. The molecule has 1 fully saturated rings. The molecule has 0 aromatic heterocycles. The second-order valence-corrected chi connectivity index (χ2v) is 6.49. The maximum Gasteiger partial charge on any atom is 0.0642 e. The average molecular weight is 267 g/mol. The topological polar surface area (TPSA) is 24.1 Å². The number of nitrogens with one attached hydrogen (secondary N) is 2. The molecule has 1 aliphatic heterocycles. The SMILES string of the molecule is Cc1cc(C)c(NC2CCNC(C)(C)C2)c(Cl)c1. The standard InChI is InChI=1S/C15H23ClN2/c1-10-7-11(2)14(13(16)8-10)18-12-5-6-17-15(3,4)9-12/h7-8,12,17-18H,5-6,9H2,1-4H3. The van der Waals surface area contributed by atoms with Gasteiger partial charge in [0.25, 0.3) is 0 Å². The lowest BCUT2D eigenvalue weighted by Gasteiger charge is -2.37. The predicted octanol–water partition coefficient (Wildman–Crippen LogP) is 3.90. The van der Waals surface area contributed by atoms with Crippen molar-refractivity contribution in [2.24, 2.45) is 0 Å². The molecule has 1 aromatic carbocycles. The Kier molecular flexibility index (Phi) is 3.88. The van der Waals surface area contributed by atoms with E-state index in [1.807, 2.05) is 6.07 Å². The zero-order chi connectivity index (χ0) is 13.3. The van der Waals surface area contributed by atoms with Crippen LogP contribution in [0.3, 0.4) is 0 Å². The second-order valence-electron chi connectivity index (χ2n) is 6.08. The fourth-order valence-electron chi connectivity index (χ4n) is 2.80. The zero-order valence-electron chi connectivity index (χ0n) is 11.7. The molecule has 18 heavy (non-hydrogen) atoms. The molecule has 0 spiro atoms. The van der Waals surface area contributed by atoms with E-state index in [-0.39, 0.29) is 5.54 Å². The van der Waals surface area contributed by atoms with Crippen LogP contribution in [0.2, 0.25) is 5.02 Å². The van der Waals surface area contributed by atoms with Gasteiger partial charge in [-0.3, -0.25) is 0 Å². The Morgan fingerprint density at radius 1 is 1.33 bits per heavy atom. The third-order valence-corrected chi connectivity index (χ3v) is 3.93. The van der Waals surface area contributed by atoms with Crippen molar-refractivity contribution in [3.05, 3.63) is 28.3 Å². The van der Waals surface area contributed by atoms with Gasteiger partial charge in [0.1, 0.15) is 0 Å². The highest BCUT2D eigenvalue weighted by molar-refractivity contribution is 6.33. The molecule has 1 unspecified atom stereocenters. The van der Waals surface area contributed by atoms with E-state index < -0.39 is 0 Å². The molecule has 1 aromatic rings. The van der Waals surface area contributed by atoms with Gasteiger partial charge in [-0.25, -0.2) is 0 Å². The molecule has 2 nitrogen and oxygen atoms in total. The van der Waals surface area contributed by atoms with Gasteiger partial charge in [0.15, 0.2) is 0 Å². The highest BCUT2D eigenvalue weighted by atomic mass is 35.5. The summed E-state index contributed by atoms with van der Waals surface area (Å²) < 4.78 is 0. The van der Waals surface area contributed by atoms with E-state index in [9.17, 15) is 0 Å². The molecule has 0 bridgehead atoms. The fraction of sp³-hybridized carbons (Fsp3) is 0.600. The van der Waals surface area contributed by atoms with Crippen molar-refractivity contribution < 1.29 is 0 Å². The lowest BCUT2D eigenvalue weighted by molar-refractivity contribution is 0.286. The minimum atomic E-state index is 0.209. The van der Waals surface area contributed by atoms with Gasteiger partial charge in [-0.1, -0.05) is 17.7 Å². The van der Waals surface area contributed by atoms with E-state index in [0.717, 1.165) is 30.1 Å². The van der Waals surface area contributed by atoms with Gasteiger partial charge >= 0.3 is 0 Å². The van der Waals surface area contributed by atoms with Crippen molar-refractivity contribution >= 4 is 17.3 Å². The summed E-state index contributed by atoms with van der Waals surface area (Å²) in [7, 11) is 0. The number of hydrogen-bond acceptors (Lipinski definition) is 2. The van der Waals surface area contributed by atoms with E-state index in [2.05, 4.69) is 44.4 Å². The molecule has 0 amide bonds. The normalized spacial score (nSPS) is 22.8. The average Bonchev–Trinajstić information content (AvgIpc) is 2.22. The van der Waals surface area contributed by atoms with Gasteiger partial charge < -0.3 is 10.6 Å². The van der Waals surface area contributed by atoms with E-state index in [0.29, 0.717) is 6.04 Å². The number of aryl methyl sites for hydroxylation is 2. The maximum atomic E-state index is 6.35. The van der Waals surface area contributed by atoms with Crippen LogP contribution in [-0.2, 0) is 0 Å². The maximum absolute atomic E-state index is 6.35. The van der Waals surface area contributed by atoms with Gasteiger partial charge in [0.2, 0.25) is 0 Å². The summed E-state index contributed by atoms with van der Waals surface area (Å²) in [4.78, 5) is 0. The molecule has 0 saturated carbocycles. The van der Waals surface area contributed by atoms with Crippen molar-refractivity contribution in [1.82, 2.24) is 5.32 Å². The van der Waals surface area contributed by atoms with Gasteiger partial charge in [-0.05, 0) is 64.3 Å². The molecule has 1 saturated heterocycles. The summed E-state index contributed by atoms with van der Waals surface area (Å²) in [6.07, 6.45) is 2.27. The minimum absolute atomic E-state index is 0.209. The van der Waals surface area contributed by atoms with E-state index in [1.54, 1.807) is 0 Å². The summed E-state index contributed by atoms with van der Waals surface area (Å²) in [5.41, 5.74) is 3.76. The smallest absolute Gasteiger partial charge is 0.0642 e. The van der Waals surface area contributed by atoms with Crippen LogP contribution in [0, 0.1) is 13.8 Å². The molecule has 1 atom stereocenters. The summed E-state index contributed by atoms with van der Waals surface area (Å²) >= 11 is 6.35. The van der Waals surface area contributed by atoms with Gasteiger partial charge in [0.05, 0.1) is 10.7 Å². The fourth-order valence-corrected chi connectivity index (χ4v) is 3.18. The van der Waals surface area contributed by atoms with Crippen LogP contribution < -0.4 is 10.6 Å². The van der Waals surface area contributed by atoms with Crippen LogP contribution >= 0.6 is 11.6 Å². The van der Waals surface area contributed by atoms with Crippen LogP contribution in [0.5, 0.6) is 0 Å². The van der Waals surface area contributed by atoms with E-state index >= 15 is 0 Å². The Hall–Kier alpha value is -0.730. The van der Waals surface area contributed by atoms with Crippen LogP contribution in [0.15, 0.2) is 12.1 Å². The Morgan fingerprint density at radius 3 is 2.67 bits per heavy atom. The Balaban J connectivity index is 2.14. The van der Waals surface area contributed by atoms with Gasteiger partial charge in [-0.2, -0.15) is 0 Å². The second kappa shape index (κ2) is 5.10. The summed E-state index contributed by atoms with van der Waals surface area (Å²) in [5.74, 6) is 0. The van der Waals surface area contributed by atoms with Crippen LogP contribution in [-0.4, -0.2) is 18.1 Å². The molecule has 3 heteroatoms. The first-order chi connectivity index (χ1) is 8.37. The molecule has 2 rings (SSSR count). The third kappa shape index (κ3) is 3.18. The number of piperidine rings is 1. The Labute approximate surface area is 115 Å². The lowest BCUT2D eigenvalue weighted by Crippen LogP contribution is -2.50. The Bertz CT molecular complexity index is 417.